The van der Waals surface area contributed by atoms with Gasteiger partial charge >= 0.3 is 0 Å². The number of benzene rings is 5. The first-order valence-corrected chi connectivity index (χ1v) is 13.3. The molecule has 5 aromatic carbocycles. The fourth-order valence-corrected chi connectivity index (χ4v) is 5.40. The van der Waals surface area contributed by atoms with Crippen LogP contribution in [0.5, 0.6) is 0 Å². The highest BCUT2D eigenvalue weighted by molar-refractivity contribution is 9.10. The van der Waals surface area contributed by atoms with Crippen molar-refractivity contribution in [2.24, 2.45) is 0 Å². The first-order chi connectivity index (χ1) is 18.7. The lowest BCUT2D eigenvalue weighted by Crippen LogP contribution is -2.35. The van der Waals surface area contributed by atoms with Gasteiger partial charge in [-0.2, -0.15) is 4.80 Å². The van der Waals surface area contributed by atoms with E-state index >= 15 is 0 Å². The van der Waals surface area contributed by atoms with Crippen molar-refractivity contribution in [2.45, 2.75) is 12.0 Å². The summed E-state index contributed by atoms with van der Waals surface area (Å²) in [5.74, 6) is 0.603. The van der Waals surface area contributed by atoms with Crippen molar-refractivity contribution < 1.29 is 0 Å². The molecule has 0 atom stereocenters. The van der Waals surface area contributed by atoms with Gasteiger partial charge in [-0.25, -0.2) is 0 Å². The molecular formula is C33H25BrN4. The lowest BCUT2D eigenvalue weighted by atomic mass is 9.69. The smallest absolute Gasteiger partial charge is 0.162 e. The van der Waals surface area contributed by atoms with Crippen LogP contribution in [0.25, 0.3) is 22.5 Å². The molecular weight excluding hydrogens is 532 g/mol. The Morgan fingerprint density at radius 1 is 0.553 bits per heavy atom. The summed E-state index contributed by atoms with van der Waals surface area (Å²) in [7, 11) is 0. The molecule has 0 bridgehead atoms. The molecule has 0 aliphatic rings. The second-order valence-corrected chi connectivity index (χ2v) is 10.1. The number of hydrogen-bond donors (Lipinski definition) is 0. The van der Waals surface area contributed by atoms with Gasteiger partial charge in [0, 0.05) is 10.0 Å². The number of hydrogen-bond acceptors (Lipinski definition) is 3. The van der Waals surface area contributed by atoms with Gasteiger partial charge in [0.05, 0.1) is 12.0 Å². The Balaban J connectivity index is 1.48. The second kappa shape index (κ2) is 10.6. The monoisotopic (exact) mass is 556 g/mol. The predicted molar refractivity (Wildman–Crippen MR) is 156 cm³/mol. The molecule has 0 unspecified atom stereocenters. The van der Waals surface area contributed by atoms with Crippen LogP contribution in [0.15, 0.2) is 144 Å². The lowest BCUT2D eigenvalue weighted by molar-refractivity contribution is 0.417. The Morgan fingerprint density at radius 3 is 1.55 bits per heavy atom. The van der Waals surface area contributed by atoms with Crippen LogP contribution in [0.4, 0.5) is 0 Å². The molecule has 0 spiro atoms. The number of aromatic nitrogens is 4. The van der Waals surface area contributed by atoms with Crippen molar-refractivity contribution in [2.75, 3.05) is 0 Å². The first-order valence-electron chi connectivity index (χ1n) is 12.5. The molecule has 1 heterocycles. The van der Waals surface area contributed by atoms with E-state index in [-0.39, 0.29) is 0 Å². The van der Waals surface area contributed by atoms with Crippen LogP contribution in [0.3, 0.4) is 0 Å². The molecule has 1 aromatic heterocycles. The van der Waals surface area contributed by atoms with Gasteiger partial charge in [0.2, 0.25) is 5.82 Å². The molecule has 0 N–H and O–H groups in total. The highest BCUT2D eigenvalue weighted by Crippen LogP contribution is 2.40. The van der Waals surface area contributed by atoms with Crippen molar-refractivity contribution in [1.29, 1.82) is 0 Å². The Hall–Kier alpha value is -4.35. The number of nitrogens with zero attached hydrogens (tertiary/aromatic N) is 4. The van der Waals surface area contributed by atoms with Crippen LogP contribution in [-0.4, -0.2) is 20.2 Å². The van der Waals surface area contributed by atoms with E-state index in [1.54, 1.807) is 4.80 Å². The largest absolute Gasteiger partial charge is 0.205 e. The van der Waals surface area contributed by atoms with Gasteiger partial charge in [-0.3, -0.25) is 0 Å². The van der Waals surface area contributed by atoms with Gasteiger partial charge in [0.1, 0.15) is 0 Å². The minimum Gasteiger partial charge on any atom is -0.162 e. The van der Waals surface area contributed by atoms with Crippen LogP contribution >= 0.6 is 15.9 Å². The summed E-state index contributed by atoms with van der Waals surface area (Å²) in [4.78, 5) is 1.74. The highest BCUT2D eigenvalue weighted by atomic mass is 79.9. The molecule has 184 valence electrons. The van der Waals surface area contributed by atoms with E-state index in [1.807, 2.05) is 24.3 Å². The van der Waals surface area contributed by atoms with Gasteiger partial charge in [-0.05, 0) is 45.2 Å². The van der Waals surface area contributed by atoms with E-state index < -0.39 is 5.41 Å². The maximum Gasteiger partial charge on any atom is 0.205 e. The van der Waals surface area contributed by atoms with E-state index in [0.29, 0.717) is 12.4 Å². The third-order valence-electron chi connectivity index (χ3n) is 6.95. The van der Waals surface area contributed by atoms with Crippen molar-refractivity contribution in [3.05, 3.63) is 161 Å². The number of halogens is 1. The zero-order valence-electron chi connectivity index (χ0n) is 20.7. The van der Waals surface area contributed by atoms with E-state index in [2.05, 4.69) is 142 Å². The summed E-state index contributed by atoms with van der Waals surface area (Å²) in [6.45, 7) is 0.499. The molecule has 0 fully saturated rings. The Labute approximate surface area is 230 Å². The van der Waals surface area contributed by atoms with E-state index in [4.69, 9.17) is 5.10 Å². The van der Waals surface area contributed by atoms with Crippen LogP contribution in [0.2, 0.25) is 0 Å². The zero-order chi connectivity index (χ0) is 25.8. The summed E-state index contributed by atoms with van der Waals surface area (Å²) in [6, 6.07) is 48.3. The number of rotatable bonds is 7. The molecule has 0 radical (unpaired) electrons. The van der Waals surface area contributed by atoms with Gasteiger partial charge in [0.15, 0.2) is 0 Å². The Bertz CT molecular complexity index is 1530. The molecule has 0 aliphatic heterocycles. The summed E-state index contributed by atoms with van der Waals surface area (Å²) in [5, 5.41) is 14.0. The summed E-state index contributed by atoms with van der Waals surface area (Å²) in [5.41, 5.74) is 6.13. The summed E-state index contributed by atoms with van der Waals surface area (Å²) in [6.07, 6.45) is 0. The molecule has 6 rings (SSSR count). The van der Waals surface area contributed by atoms with Crippen LogP contribution in [0, 0.1) is 0 Å². The fourth-order valence-electron chi connectivity index (χ4n) is 5.13. The van der Waals surface area contributed by atoms with Crippen LogP contribution in [-0.2, 0) is 12.0 Å². The SMILES string of the molecule is Brc1ccc(-c2ccccc2-c2nnn(CC(c3ccccc3)(c3ccccc3)c3ccccc3)n2)cc1. The molecule has 0 aliphatic carbocycles. The molecule has 5 heteroatoms. The average molecular weight is 557 g/mol. The minimum atomic E-state index is -0.507. The number of tetrazole rings is 1. The van der Waals surface area contributed by atoms with Gasteiger partial charge in [-0.15, -0.1) is 10.2 Å². The molecule has 0 saturated carbocycles. The van der Waals surface area contributed by atoms with E-state index in [0.717, 1.165) is 21.2 Å². The van der Waals surface area contributed by atoms with Crippen molar-refractivity contribution in [1.82, 2.24) is 20.2 Å². The fraction of sp³-hybridized carbons (Fsp3) is 0.0606. The quantitative estimate of drug-likeness (QED) is 0.188. The van der Waals surface area contributed by atoms with E-state index in [1.165, 1.54) is 16.7 Å². The van der Waals surface area contributed by atoms with Gasteiger partial charge in [0.25, 0.3) is 0 Å². The average Bonchev–Trinajstić information content (AvgIpc) is 3.46. The molecule has 0 saturated heterocycles. The summed E-state index contributed by atoms with van der Waals surface area (Å²) < 4.78 is 1.04. The normalized spacial score (nSPS) is 11.4. The lowest BCUT2D eigenvalue weighted by Gasteiger charge is -2.35. The van der Waals surface area contributed by atoms with Crippen molar-refractivity contribution in [3.8, 4) is 22.5 Å². The van der Waals surface area contributed by atoms with Gasteiger partial charge < -0.3 is 0 Å². The van der Waals surface area contributed by atoms with Crippen molar-refractivity contribution >= 4 is 15.9 Å². The zero-order valence-corrected chi connectivity index (χ0v) is 22.2. The molecule has 6 aromatic rings. The van der Waals surface area contributed by atoms with Crippen LogP contribution < -0.4 is 0 Å². The minimum absolute atomic E-state index is 0.499. The second-order valence-electron chi connectivity index (χ2n) is 9.20. The maximum atomic E-state index is 4.93. The Morgan fingerprint density at radius 2 is 1.03 bits per heavy atom. The predicted octanol–water partition coefficient (Wildman–Crippen LogP) is 7.80. The topological polar surface area (TPSA) is 43.6 Å². The molecule has 4 nitrogen and oxygen atoms in total. The maximum absolute atomic E-state index is 4.93. The molecule has 38 heavy (non-hydrogen) atoms. The standard InChI is InChI=1S/C33H25BrN4/c34-29-22-20-25(21-23-29)30-18-10-11-19-31(30)32-35-37-38(36-32)24-33(26-12-4-1-5-13-26,27-14-6-2-7-15-27)28-16-8-3-9-17-28/h1-23H,24H2. The van der Waals surface area contributed by atoms with Crippen molar-refractivity contribution in [3.63, 3.8) is 0 Å². The Kier molecular flexibility index (Phi) is 6.67. The summed E-state index contributed by atoms with van der Waals surface area (Å²) >= 11 is 3.53. The highest BCUT2D eigenvalue weighted by Gasteiger charge is 2.37. The van der Waals surface area contributed by atoms with Crippen LogP contribution in [0.1, 0.15) is 16.7 Å². The first kappa shape index (κ1) is 24.0. The van der Waals surface area contributed by atoms with Gasteiger partial charge in [-0.1, -0.05) is 143 Å². The molecule has 0 amide bonds. The third-order valence-corrected chi connectivity index (χ3v) is 7.48. The third kappa shape index (κ3) is 4.57. The van der Waals surface area contributed by atoms with E-state index in [9.17, 15) is 0 Å².